The zero-order chi connectivity index (χ0) is 11.4. The van der Waals surface area contributed by atoms with Crippen LogP contribution in [-0.2, 0) is 4.43 Å². The molecule has 0 aliphatic heterocycles. The van der Waals surface area contributed by atoms with Crippen molar-refractivity contribution >= 4 is 8.32 Å². The van der Waals surface area contributed by atoms with Crippen LogP contribution in [0.1, 0.15) is 48.5 Å². The highest BCUT2D eigenvalue weighted by atomic mass is 28.4. The fraction of sp³-hybridized carbons (Fsp3) is 1.00. The minimum Gasteiger partial charge on any atom is -0.414 e. The molecule has 1 unspecified atom stereocenters. The summed E-state index contributed by atoms with van der Waals surface area (Å²) in [6.07, 6.45) is 0.383. The van der Waals surface area contributed by atoms with Crippen LogP contribution in [-0.4, -0.2) is 14.4 Å². The van der Waals surface area contributed by atoms with Gasteiger partial charge in [-0.15, -0.1) is 0 Å². The largest absolute Gasteiger partial charge is 0.414 e. The molecule has 1 nitrogen and oxygen atoms in total. The average molecular weight is 216 g/mol. The molecule has 0 aliphatic rings. The van der Waals surface area contributed by atoms with Gasteiger partial charge in [0.15, 0.2) is 8.32 Å². The monoisotopic (exact) mass is 216 g/mol. The molecule has 0 saturated heterocycles. The Kier molecular flexibility index (Phi) is 5.38. The molecule has 0 aromatic carbocycles. The summed E-state index contributed by atoms with van der Waals surface area (Å²) < 4.78 is 6.39. The Morgan fingerprint density at radius 2 is 1.36 bits per heavy atom. The fourth-order valence-corrected chi connectivity index (χ4v) is 4.66. The highest BCUT2D eigenvalue weighted by Gasteiger charge is 2.34. The van der Waals surface area contributed by atoms with Crippen LogP contribution in [0.5, 0.6) is 0 Å². The first-order valence-corrected chi connectivity index (χ1v) is 8.52. The first-order valence-electron chi connectivity index (χ1n) is 5.99. The second-order valence-electron chi connectivity index (χ2n) is 5.37. The van der Waals surface area contributed by atoms with E-state index in [0.717, 1.165) is 0 Å². The van der Waals surface area contributed by atoms with E-state index >= 15 is 0 Å². The van der Waals surface area contributed by atoms with Gasteiger partial charge in [0.2, 0.25) is 0 Å². The molecule has 14 heavy (non-hydrogen) atoms. The van der Waals surface area contributed by atoms with Crippen LogP contribution in [0.4, 0.5) is 0 Å². The van der Waals surface area contributed by atoms with Crippen molar-refractivity contribution in [3.63, 3.8) is 0 Å². The van der Waals surface area contributed by atoms with Gasteiger partial charge in [-0.05, 0) is 30.5 Å². The maximum atomic E-state index is 6.39. The standard InChI is InChI=1S/C12H28OSi/c1-8-14(9-2,10-3)13-11(4)12(5,6)7/h11H,8-10H2,1-7H3. The van der Waals surface area contributed by atoms with Gasteiger partial charge in [-0.2, -0.15) is 0 Å². The van der Waals surface area contributed by atoms with Gasteiger partial charge in [0.05, 0.1) is 0 Å². The second kappa shape index (κ2) is 5.31. The fourth-order valence-electron chi connectivity index (χ4n) is 1.55. The summed E-state index contributed by atoms with van der Waals surface area (Å²) in [6, 6.07) is 3.75. The molecular formula is C12H28OSi. The zero-order valence-corrected chi connectivity index (χ0v) is 12.1. The molecule has 1 atom stereocenters. The van der Waals surface area contributed by atoms with Gasteiger partial charge in [-0.25, -0.2) is 0 Å². The van der Waals surface area contributed by atoms with Crippen LogP contribution in [0, 0.1) is 5.41 Å². The summed E-state index contributed by atoms with van der Waals surface area (Å²) in [5, 5.41) is 0. The Morgan fingerprint density at radius 3 is 1.57 bits per heavy atom. The predicted molar refractivity (Wildman–Crippen MR) is 67.2 cm³/mol. The SMILES string of the molecule is CC[Si](CC)(CC)OC(C)C(C)(C)C. The predicted octanol–water partition coefficient (Wildman–Crippen LogP) is 4.44. The lowest BCUT2D eigenvalue weighted by atomic mass is 9.91. The quantitative estimate of drug-likeness (QED) is 0.617. The van der Waals surface area contributed by atoms with E-state index in [1.807, 2.05) is 0 Å². The molecule has 0 amide bonds. The Bertz CT molecular complexity index is 148. The van der Waals surface area contributed by atoms with Gasteiger partial charge < -0.3 is 4.43 Å². The summed E-state index contributed by atoms with van der Waals surface area (Å²) in [6.45, 7) is 15.9. The van der Waals surface area contributed by atoms with E-state index in [4.69, 9.17) is 4.43 Å². The highest BCUT2D eigenvalue weighted by molar-refractivity contribution is 6.73. The molecule has 0 spiro atoms. The van der Waals surface area contributed by atoms with Gasteiger partial charge in [0, 0.05) is 6.10 Å². The van der Waals surface area contributed by atoms with E-state index in [2.05, 4.69) is 48.5 Å². The van der Waals surface area contributed by atoms with E-state index in [9.17, 15) is 0 Å². The van der Waals surface area contributed by atoms with Crippen LogP contribution >= 0.6 is 0 Å². The lowest BCUT2D eigenvalue weighted by molar-refractivity contribution is 0.0922. The van der Waals surface area contributed by atoms with Crippen molar-refractivity contribution in [1.82, 2.24) is 0 Å². The molecule has 0 aromatic rings. The van der Waals surface area contributed by atoms with Crippen LogP contribution in [0.25, 0.3) is 0 Å². The lowest BCUT2D eigenvalue weighted by Crippen LogP contribution is -2.43. The normalized spacial score (nSPS) is 15.6. The topological polar surface area (TPSA) is 9.23 Å². The molecule has 0 heterocycles. The van der Waals surface area contributed by atoms with E-state index < -0.39 is 8.32 Å². The summed E-state index contributed by atoms with van der Waals surface area (Å²) in [4.78, 5) is 0. The molecule has 0 aliphatic carbocycles. The van der Waals surface area contributed by atoms with Crippen LogP contribution in [0.15, 0.2) is 0 Å². The van der Waals surface area contributed by atoms with Crippen molar-refractivity contribution in [2.75, 3.05) is 0 Å². The van der Waals surface area contributed by atoms with Crippen LogP contribution in [0.3, 0.4) is 0 Å². The molecule has 0 radical (unpaired) electrons. The van der Waals surface area contributed by atoms with Crippen molar-refractivity contribution in [3.8, 4) is 0 Å². The maximum absolute atomic E-state index is 6.39. The molecule has 0 N–H and O–H groups in total. The molecule has 0 rings (SSSR count). The first kappa shape index (κ1) is 14.2. The van der Waals surface area contributed by atoms with Crippen molar-refractivity contribution in [1.29, 1.82) is 0 Å². The van der Waals surface area contributed by atoms with Crippen molar-refractivity contribution in [2.45, 2.75) is 72.7 Å². The van der Waals surface area contributed by atoms with Crippen LogP contribution in [0.2, 0.25) is 18.1 Å². The molecule has 0 saturated carbocycles. The lowest BCUT2D eigenvalue weighted by Gasteiger charge is -2.37. The molecule has 0 bridgehead atoms. The summed E-state index contributed by atoms with van der Waals surface area (Å²) >= 11 is 0. The van der Waals surface area contributed by atoms with Crippen molar-refractivity contribution < 1.29 is 4.43 Å². The molecular weight excluding hydrogens is 188 g/mol. The Balaban J connectivity index is 4.45. The minimum absolute atomic E-state index is 0.276. The van der Waals surface area contributed by atoms with Crippen molar-refractivity contribution in [3.05, 3.63) is 0 Å². The van der Waals surface area contributed by atoms with E-state index in [1.54, 1.807) is 0 Å². The average Bonchev–Trinajstić information content (AvgIpc) is 2.12. The third-order valence-electron chi connectivity index (χ3n) is 3.58. The van der Waals surface area contributed by atoms with Gasteiger partial charge in [0.1, 0.15) is 0 Å². The minimum atomic E-state index is -1.39. The second-order valence-corrected chi connectivity index (χ2v) is 10.1. The number of hydrogen-bond acceptors (Lipinski definition) is 1. The smallest absolute Gasteiger partial charge is 0.192 e. The number of hydrogen-bond donors (Lipinski definition) is 0. The first-order chi connectivity index (χ1) is 6.31. The highest BCUT2D eigenvalue weighted by Crippen LogP contribution is 2.30. The summed E-state index contributed by atoms with van der Waals surface area (Å²) in [7, 11) is -1.39. The Morgan fingerprint density at radius 1 is 1.00 bits per heavy atom. The van der Waals surface area contributed by atoms with Gasteiger partial charge in [-0.3, -0.25) is 0 Å². The maximum Gasteiger partial charge on any atom is 0.192 e. The van der Waals surface area contributed by atoms with E-state index in [1.165, 1.54) is 18.1 Å². The summed E-state index contributed by atoms with van der Waals surface area (Å²) in [5.74, 6) is 0. The molecule has 0 aromatic heterocycles. The zero-order valence-electron chi connectivity index (χ0n) is 11.1. The third-order valence-corrected chi connectivity index (χ3v) is 8.30. The summed E-state index contributed by atoms with van der Waals surface area (Å²) in [5.41, 5.74) is 0.276. The third kappa shape index (κ3) is 3.74. The molecule has 86 valence electrons. The van der Waals surface area contributed by atoms with Gasteiger partial charge >= 0.3 is 0 Å². The van der Waals surface area contributed by atoms with Crippen LogP contribution < -0.4 is 0 Å². The van der Waals surface area contributed by atoms with E-state index in [-0.39, 0.29) is 5.41 Å². The van der Waals surface area contributed by atoms with Crippen molar-refractivity contribution in [2.24, 2.45) is 5.41 Å². The van der Waals surface area contributed by atoms with Gasteiger partial charge in [0.25, 0.3) is 0 Å². The number of rotatable bonds is 5. The van der Waals surface area contributed by atoms with E-state index in [0.29, 0.717) is 6.10 Å². The Hall–Kier alpha value is 0.177. The van der Waals surface area contributed by atoms with Gasteiger partial charge in [-0.1, -0.05) is 41.5 Å². The molecule has 2 heteroatoms. The Labute approximate surface area is 91.4 Å². The molecule has 0 fully saturated rings.